The van der Waals surface area contributed by atoms with Gasteiger partial charge in [-0.2, -0.15) is 0 Å². The van der Waals surface area contributed by atoms with Crippen LogP contribution in [-0.2, 0) is 0 Å². The van der Waals surface area contributed by atoms with Gasteiger partial charge in [0, 0.05) is 126 Å². The fraction of sp³-hybridized carbons (Fsp3) is 0. The van der Waals surface area contributed by atoms with Gasteiger partial charge in [-0.1, -0.05) is 0 Å². The summed E-state index contributed by atoms with van der Waals surface area (Å²) in [4.78, 5) is 0. The summed E-state index contributed by atoms with van der Waals surface area (Å²) in [7, 11) is 0. The Hall–Kier alpha value is 3.89. The molecule has 0 aromatic heterocycles. The molecule has 0 saturated carbocycles. The SMILES string of the molecule is O.O.O.O.O.O.O.O.[Pb].[Pb].[Te].[Te].[Te]. The van der Waals surface area contributed by atoms with Crippen LogP contribution in [-0.4, -0.2) is 169 Å². The van der Waals surface area contributed by atoms with E-state index in [0.717, 1.165) is 0 Å². The molecular formula is H16O8Pb2Te3. The van der Waals surface area contributed by atoms with E-state index in [1.807, 2.05) is 0 Å². The summed E-state index contributed by atoms with van der Waals surface area (Å²) in [6.45, 7) is 0. The van der Waals surface area contributed by atoms with Crippen LogP contribution < -0.4 is 0 Å². The van der Waals surface area contributed by atoms with Gasteiger partial charge in [0.2, 0.25) is 0 Å². The number of hydrogen-bond acceptors (Lipinski definition) is 0. The van der Waals surface area contributed by atoms with Gasteiger partial charge in [-0.05, 0) is 0 Å². The Bertz CT molecular complexity index is 17.4. The molecule has 13 heavy (non-hydrogen) atoms. The molecule has 0 amide bonds. The molecule has 8 nitrogen and oxygen atoms in total. The Balaban J connectivity index is 0. The normalized spacial score (nSPS) is 0. The van der Waals surface area contributed by atoms with Crippen LogP contribution in [0.25, 0.3) is 0 Å². The van der Waals surface area contributed by atoms with E-state index < -0.39 is 0 Å². The minimum Gasteiger partial charge on any atom is -0.412 e. The summed E-state index contributed by atoms with van der Waals surface area (Å²) in [5, 5.41) is 0. The molecule has 0 aliphatic rings. The summed E-state index contributed by atoms with van der Waals surface area (Å²) in [6.07, 6.45) is 0. The second kappa shape index (κ2) is 233. The van der Waals surface area contributed by atoms with Crippen LogP contribution in [0, 0.1) is 0 Å². The van der Waals surface area contributed by atoms with Gasteiger partial charge in [0.05, 0.1) is 0 Å². The van der Waals surface area contributed by atoms with Crippen LogP contribution >= 0.6 is 0 Å². The molecule has 0 rings (SSSR count). The predicted molar refractivity (Wildman–Crippen MR) is 57.7 cm³/mol. The van der Waals surface area contributed by atoms with Gasteiger partial charge in [0.1, 0.15) is 0 Å². The zero-order valence-electron chi connectivity index (χ0n) is 6.22. The third kappa shape index (κ3) is 202. The fourth-order valence-corrected chi connectivity index (χ4v) is 0. The molecule has 0 spiro atoms. The Morgan fingerprint density at radius 2 is 0.231 bits per heavy atom. The van der Waals surface area contributed by atoms with Crippen LogP contribution in [0.1, 0.15) is 0 Å². The molecule has 0 aromatic carbocycles. The van der Waals surface area contributed by atoms with Crippen molar-refractivity contribution in [1.29, 1.82) is 0 Å². The minimum absolute atomic E-state index is 0. The quantitative estimate of drug-likeness (QED) is 0.206. The first kappa shape index (κ1) is 282. The minimum atomic E-state index is 0. The van der Waals surface area contributed by atoms with Crippen molar-refractivity contribution in [3.05, 3.63) is 0 Å². The van der Waals surface area contributed by atoms with Crippen LogP contribution in [0.15, 0.2) is 0 Å². The molecule has 14 radical (unpaired) electrons. The average Bonchev–Trinajstić information content (AvgIpc) is 0. The molecule has 0 saturated heterocycles. The summed E-state index contributed by atoms with van der Waals surface area (Å²) in [5.74, 6) is 0. The van der Waals surface area contributed by atoms with Gasteiger partial charge < -0.3 is 43.8 Å². The van der Waals surface area contributed by atoms with Crippen LogP contribution in [0.4, 0.5) is 0 Å². The Morgan fingerprint density at radius 3 is 0.231 bits per heavy atom. The first-order chi connectivity index (χ1) is 0. The van der Waals surface area contributed by atoms with E-state index in [-0.39, 0.29) is 169 Å². The van der Waals surface area contributed by atoms with E-state index in [0.29, 0.717) is 0 Å². The van der Waals surface area contributed by atoms with E-state index in [9.17, 15) is 0 Å². The van der Waals surface area contributed by atoms with Gasteiger partial charge in [0.15, 0.2) is 0 Å². The van der Waals surface area contributed by atoms with Crippen molar-refractivity contribution >= 4 is 126 Å². The second-order valence-electron chi connectivity index (χ2n) is 0. The van der Waals surface area contributed by atoms with E-state index in [4.69, 9.17) is 0 Å². The standard InChI is InChI=1S/8H2O.2Pb.3Te/h8*1H2;;;;;. The summed E-state index contributed by atoms with van der Waals surface area (Å²) < 4.78 is 0. The van der Waals surface area contributed by atoms with Gasteiger partial charge in [-0.25, -0.2) is 0 Å². The van der Waals surface area contributed by atoms with Gasteiger partial charge in [-0.15, -0.1) is 0 Å². The summed E-state index contributed by atoms with van der Waals surface area (Å²) in [6, 6.07) is 0. The fourth-order valence-electron chi connectivity index (χ4n) is 0. The molecule has 0 aliphatic carbocycles. The molecule has 0 fully saturated rings. The predicted octanol–water partition coefficient (Wildman–Crippen LogP) is -8.50. The van der Waals surface area contributed by atoms with Crippen molar-refractivity contribution in [3.63, 3.8) is 0 Å². The molecule has 0 aliphatic heterocycles. The molecule has 0 bridgehead atoms. The molecule has 0 aromatic rings. The molecule has 0 unspecified atom stereocenters. The van der Waals surface area contributed by atoms with Crippen LogP contribution in [0.2, 0.25) is 0 Å². The Morgan fingerprint density at radius 1 is 0.231 bits per heavy atom. The van der Waals surface area contributed by atoms with Crippen molar-refractivity contribution in [1.82, 2.24) is 0 Å². The molecule has 90 valence electrons. The van der Waals surface area contributed by atoms with E-state index >= 15 is 0 Å². The first-order valence-corrected chi connectivity index (χ1v) is 0. The molecule has 0 heterocycles. The topological polar surface area (TPSA) is 252 Å². The number of hydrogen-bond donors (Lipinski definition) is 0. The monoisotopic (exact) mass is 950 g/mol. The largest absolute Gasteiger partial charge is 0.412 e. The van der Waals surface area contributed by atoms with E-state index in [2.05, 4.69) is 0 Å². The van der Waals surface area contributed by atoms with Crippen LogP contribution in [0.3, 0.4) is 0 Å². The number of rotatable bonds is 0. The van der Waals surface area contributed by atoms with Crippen molar-refractivity contribution in [2.75, 3.05) is 0 Å². The average molecular weight is 941 g/mol. The zero-order valence-corrected chi connectivity index (χ0v) is 21.0. The van der Waals surface area contributed by atoms with E-state index in [1.165, 1.54) is 0 Å². The van der Waals surface area contributed by atoms with E-state index in [1.54, 1.807) is 0 Å². The second-order valence-corrected chi connectivity index (χ2v) is 0. The van der Waals surface area contributed by atoms with Crippen molar-refractivity contribution in [2.45, 2.75) is 0 Å². The van der Waals surface area contributed by atoms with Gasteiger partial charge >= 0.3 is 0 Å². The molecule has 0 atom stereocenters. The Labute approximate surface area is 166 Å². The van der Waals surface area contributed by atoms with Gasteiger partial charge in [0.25, 0.3) is 0 Å². The maximum Gasteiger partial charge on any atom is 0 e. The first-order valence-electron chi connectivity index (χ1n) is 0. The Kier molecular flexibility index (Phi) is 5040. The van der Waals surface area contributed by atoms with Crippen molar-refractivity contribution < 1.29 is 43.8 Å². The van der Waals surface area contributed by atoms with Gasteiger partial charge in [-0.3, -0.25) is 0 Å². The molecule has 13 heteroatoms. The van der Waals surface area contributed by atoms with Crippen LogP contribution in [0.5, 0.6) is 0 Å². The zero-order chi connectivity index (χ0) is 0. The maximum atomic E-state index is 0. The smallest absolute Gasteiger partial charge is 0 e. The summed E-state index contributed by atoms with van der Waals surface area (Å²) in [5.41, 5.74) is 0. The maximum absolute atomic E-state index is 0. The molecule has 16 N–H and O–H groups in total. The van der Waals surface area contributed by atoms with Crippen molar-refractivity contribution in [3.8, 4) is 0 Å². The third-order valence-corrected chi connectivity index (χ3v) is 0. The van der Waals surface area contributed by atoms with Crippen molar-refractivity contribution in [2.24, 2.45) is 0 Å². The molecular weight excluding hydrogens is 925 g/mol. The summed E-state index contributed by atoms with van der Waals surface area (Å²) >= 11 is 0. The third-order valence-electron chi connectivity index (χ3n) is 0.